The van der Waals surface area contributed by atoms with E-state index in [2.05, 4.69) is 15.9 Å². The maximum Gasteiger partial charge on any atom is 0.228 e. The Morgan fingerprint density at radius 2 is 2.31 bits per heavy atom. The van der Waals surface area contributed by atoms with Crippen molar-refractivity contribution in [2.75, 3.05) is 11.4 Å². The van der Waals surface area contributed by atoms with E-state index >= 15 is 0 Å². The number of hydrogen-bond acceptors (Lipinski definition) is 2. The second-order valence-corrected chi connectivity index (χ2v) is 5.03. The Morgan fingerprint density at radius 3 is 2.88 bits per heavy atom. The van der Waals surface area contributed by atoms with Crippen molar-refractivity contribution in [3.05, 3.63) is 29.6 Å². The van der Waals surface area contributed by atoms with Gasteiger partial charge in [-0.1, -0.05) is 15.9 Å². The van der Waals surface area contributed by atoms with Crippen molar-refractivity contribution in [2.45, 2.75) is 17.9 Å². The second-order valence-electron chi connectivity index (χ2n) is 3.74. The minimum absolute atomic E-state index is 0.0109. The summed E-state index contributed by atoms with van der Waals surface area (Å²) in [6, 6.07) is 4.08. The molecule has 0 aromatic heterocycles. The number of nitrogens with zero attached hydrogens (tertiary/aromatic N) is 1. The van der Waals surface area contributed by atoms with E-state index in [1.807, 2.05) is 0 Å². The van der Waals surface area contributed by atoms with Crippen molar-refractivity contribution in [1.29, 1.82) is 0 Å². The van der Waals surface area contributed by atoms with E-state index in [1.54, 1.807) is 4.90 Å². The number of amides is 1. The Kier molecular flexibility index (Phi) is 3.25. The van der Waals surface area contributed by atoms with Gasteiger partial charge in [0.2, 0.25) is 5.91 Å². The Labute approximate surface area is 101 Å². The summed E-state index contributed by atoms with van der Waals surface area (Å²) in [5.74, 6) is -0.418. The second kappa shape index (κ2) is 4.51. The number of benzene rings is 1. The molecule has 0 bridgehead atoms. The number of alkyl halides is 1. The average Bonchev–Trinajstić information content (AvgIpc) is 2.57. The van der Waals surface area contributed by atoms with Gasteiger partial charge in [-0.3, -0.25) is 4.79 Å². The summed E-state index contributed by atoms with van der Waals surface area (Å²) in [6.45, 7) is 0.279. The highest BCUT2D eigenvalue weighted by atomic mass is 79.9. The number of anilines is 1. The maximum atomic E-state index is 13.0. The summed E-state index contributed by atoms with van der Waals surface area (Å²) in [5, 5.41) is 9.14. The molecule has 1 unspecified atom stereocenters. The zero-order valence-corrected chi connectivity index (χ0v) is 10.1. The van der Waals surface area contributed by atoms with E-state index in [1.165, 1.54) is 18.2 Å². The maximum absolute atomic E-state index is 13.0. The summed E-state index contributed by atoms with van der Waals surface area (Å²) in [7, 11) is 0. The van der Waals surface area contributed by atoms with Gasteiger partial charge in [-0.05, 0) is 18.2 Å². The number of aliphatic hydroxyl groups is 1. The molecule has 16 heavy (non-hydrogen) atoms. The highest BCUT2D eigenvalue weighted by molar-refractivity contribution is 9.09. The highest BCUT2D eigenvalue weighted by Gasteiger charge is 2.29. The molecule has 1 heterocycles. The smallest absolute Gasteiger partial charge is 0.228 e. The van der Waals surface area contributed by atoms with Gasteiger partial charge < -0.3 is 10.0 Å². The molecule has 0 radical (unpaired) electrons. The fourth-order valence-corrected chi connectivity index (χ4v) is 2.41. The van der Waals surface area contributed by atoms with Crippen LogP contribution in [0.3, 0.4) is 0 Å². The standard InChI is InChI=1S/C11H11BrFNO2/c12-8-4-11(16)14(5-8)10-2-1-9(13)3-7(10)6-15/h1-3,8,15H,4-6H2. The van der Waals surface area contributed by atoms with Gasteiger partial charge >= 0.3 is 0 Å². The molecule has 0 spiro atoms. The number of aliphatic hydroxyl groups excluding tert-OH is 1. The van der Waals surface area contributed by atoms with Crippen LogP contribution in [0.2, 0.25) is 0 Å². The van der Waals surface area contributed by atoms with Crippen LogP contribution >= 0.6 is 15.9 Å². The number of halogens is 2. The first-order valence-electron chi connectivity index (χ1n) is 4.95. The lowest BCUT2D eigenvalue weighted by atomic mass is 10.1. The van der Waals surface area contributed by atoms with Crippen LogP contribution in [0.25, 0.3) is 0 Å². The minimum Gasteiger partial charge on any atom is -0.392 e. The summed E-state index contributed by atoms with van der Waals surface area (Å²) < 4.78 is 13.0. The van der Waals surface area contributed by atoms with Crippen molar-refractivity contribution < 1.29 is 14.3 Å². The molecule has 0 aliphatic carbocycles. The van der Waals surface area contributed by atoms with Gasteiger partial charge in [-0.15, -0.1) is 0 Å². The average molecular weight is 288 g/mol. The van der Waals surface area contributed by atoms with Crippen LogP contribution in [0.15, 0.2) is 18.2 Å². The SMILES string of the molecule is O=C1CC(Br)CN1c1ccc(F)cc1CO. The zero-order chi connectivity index (χ0) is 11.7. The van der Waals surface area contributed by atoms with Gasteiger partial charge in [0.25, 0.3) is 0 Å². The van der Waals surface area contributed by atoms with Gasteiger partial charge in [0.05, 0.1) is 6.61 Å². The van der Waals surface area contributed by atoms with Crippen molar-refractivity contribution in [3.8, 4) is 0 Å². The van der Waals surface area contributed by atoms with E-state index < -0.39 is 5.82 Å². The van der Waals surface area contributed by atoms with Gasteiger partial charge in [0.15, 0.2) is 0 Å². The van der Waals surface area contributed by atoms with Crippen molar-refractivity contribution in [1.82, 2.24) is 0 Å². The lowest BCUT2D eigenvalue weighted by Crippen LogP contribution is -2.25. The van der Waals surface area contributed by atoms with Crippen molar-refractivity contribution in [2.24, 2.45) is 0 Å². The summed E-state index contributed by atoms with van der Waals surface area (Å²) >= 11 is 3.38. The topological polar surface area (TPSA) is 40.5 Å². The van der Waals surface area contributed by atoms with Crippen molar-refractivity contribution in [3.63, 3.8) is 0 Å². The first kappa shape index (κ1) is 11.5. The summed E-state index contributed by atoms with van der Waals surface area (Å²) in [5.41, 5.74) is 1.03. The van der Waals surface area contributed by atoms with Gasteiger partial charge in [-0.25, -0.2) is 4.39 Å². The largest absolute Gasteiger partial charge is 0.392 e. The zero-order valence-electron chi connectivity index (χ0n) is 8.49. The quantitative estimate of drug-likeness (QED) is 0.843. The fraction of sp³-hybridized carbons (Fsp3) is 0.364. The molecular weight excluding hydrogens is 277 g/mol. The summed E-state index contributed by atoms with van der Waals surface area (Å²) in [4.78, 5) is 13.4. The molecule has 1 amide bonds. The molecule has 1 aromatic rings. The van der Waals surface area contributed by atoms with Gasteiger partial charge in [-0.2, -0.15) is 0 Å². The van der Waals surface area contributed by atoms with Crippen LogP contribution in [-0.2, 0) is 11.4 Å². The molecular formula is C11H11BrFNO2. The molecule has 1 fully saturated rings. The molecule has 5 heteroatoms. The fourth-order valence-electron chi connectivity index (χ4n) is 1.84. The molecule has 1 aliphatic heterocycles. The molecule has 1 aliphatic rings. The van der Waals surface area contributed by atoms with E-state index in [0.29, 0.717) is 24.2 Å². The van der Waals surface area contributed by atoms with Crippen LogP contribution in [0.1, 0.15) is 12.0 Å². The first-order chi connectivity index (χ1) is 7.61. The Hall–Kier alpha value is -0.940. The molecule has 3 nitrogen and oxygen atoms in total. The number of carbonyl (C=O) groups is 1. The predicted molar refractivity (Wildman–Crippen MR) is 62.0 cm³/mol. The third-order valence-electron chi connectivity index (χ3n) is 2.58. The van der Waals surface area contributed by atoms with Crippen LogP contribution in [0, 0.1) is 5.82 Å². The number of hydrogen-bond donors (Lipinski definition) is 1. The highest BCUT2D eigenvalue weighted by Crippen LogP contribution is 2.28. The monoisotopic (exact) mass is 287 g/mol. The summed E-state index contributed by atoms with van der Waals surface area (Å²) in [6.07, 6.45) is 0.433. The molecule has 1 atom stereocenters. The Morgan fingerprint density at radius 1 is 1.56 bits per heavy atom. The molecule has 0 saturated carbocycles. The minimum atomic E-state index is -0.408. The molecule has 2 rings (SSSR count). The van der Waals surface area contributed by atoms with E-state index in [0.717, 1.165) is 0 Å². The predicted octanol–water partition coefficient (Wildman–Crippen LogP) is 1.82. The molecule has 1 saturated heterocycles. The Balaban J connectivity index is 2.36. The lowest BCUT2D eigenvalue weighted by molar-refractivity contribution is -0.117. The molecule has 1 N–H and O–H groups in total. The third kappa shape index (κ3) is 2.10. The van der Waals surface area contributed by atoms with Crippen LogP contribution in [0.5, 0.6) is 0 Å². The van der Waals surface area contributed by atoms with Crippen molar-refractivity contribution >= 4 is 27.5 Å². The van der Waals surface area contributed by atoms with E-state index in [9.17, 15) is 9.18 Å². The normalized spacial score (nSPS) is 20.6. The number of carbonyl (C=O) groups excluding carboxylic acids is 1. The van der Waals surface area contributed by atoms with E-state index in [4.69, 9.17) is 5.11 Å². The lowest BCUT2D eigenvalue weighted by Gasteiger charge is -2.19. The van der Waals surface area contributed by atoms with Crippen LogP contribution in [0.4, 0.5) is 10.1 Å². The molecule has 1 aromatic carbocycles. The third-order valence-corrected chi connectivity index (χ3v) is 3.19. The van der Waals surface area contributed by atoms with Gasteiger partial charge in [0, 0.05) is 29.0 Å². The molecule has 86 valence electrons. The van der Waals surface area contributed by atoms with E-state index in [-0.39, 0.29) is 17.3 Å². The number of rotatable bonds is 2. The van der Waals surface area contributed by atoms with Crippen LogP contribution < -0.4 is 4.90 Å². The van der Waals surface area contributed by atoms with Gasteiger partial charge in [0.1, 0.15) is 5.82 Å². The van der Waals surface area contributed by atoms with Crippen LogP contribution in [-0.4, -0.2) is 22.4 Å². The first-order valence-corrected chi connectivity index (χ1v) is 5.87. The Bertz CT molecular complexity index is 424.